The van der Waals surface area contributed by atoms with Crippen molar-refractivity contribution >= 4 is 5.91 Å². The van der Waals surface area contributed by atoms with Gasteiger partial charge in [0, 0.05) is 32.7 Å². The standard InChI is InChI=1S/C21H30N2O3/c24-20(13-18-5-2-1-3-6-18)23-8-4-7-21(17-23)14-19(16-26-21)15-22-9-11-25-12-10-22/h1-3,5-6,19H,4,7-17H2/t19-,21+/m1/s1. The molecule has 0 saturated carbocycles. The van der Waals surface area contributed by atoms with E-state index < -0.39 is 0 Å². The van der Waals surface area contributed by atoms with Crippen molar-refractivity contribution in [2.24, 2.45) is 5.92 Å². The number of carbonyl (C=O) groups excluding carboxylic acids is 1. The molecule has 0 unspecified atom stereocenters. The van der Waals surface area contributed by atoms with E-state index in [1.54, 1.807) is 0 Å². The van der Waals surface area contributed by atoms with Gasteiger partial charge in [-0.2, -0.15) is 0 Å². The first-order chi connectivity index (χ1) is 12.7. The maximum absolute atomic E-state index is 12.8. The molecule has 0 aliphatic carbocycles. The van der Waals surface area contributed by atoms with Crippen LogP contribution < -0.4 is 0 Å². The Morgan fingerprint density at radius 1 is 1.15 bits per heavy atom. The van der Waals surface area contributed by atoms with E-state index in [-0.39, 0.29) is 11.5 Å². The molecule has 0 aromatic heterocycles. The molecule has 3 saturated heterocycles. The van der Waals surface area contributed by atoms with Gasteiger partial charge >= 0.3 is 0 Å². The minimum atomic E-state index is -0.110. The van der Waals surface area contributed by atoms with Crippen molar-refractivity contribution in [3.63, 3.8) is 0 Å². The highest BCUT2D eigenvalue weighted by Gasteiger charge is 2.44. The van der Waals surface area contributed by atoms with Gasteiger partial charge in [0.05, 0.1) is 31.8 Å². The fourth-order valence-electron chi connectivity index (χ4n) is 4.68. The van der Waals surface area contributed by atoms with E-state index in [1.807, 2.05) is 35.2 Å². The normalized spacial score (nSPS) is 30.0. The topological polar surface area (TPSA) is 42.0 Å². The fraction of sp³-hybridized carbons (Fsp3) is 0.667. The van der Waals surface area contributed by atoms with E-state index in [0.29, 0.717) is 12.3 Å². The maximum atomic E-state index is 12.8. The van der Waals surface area contributed by atoms with Crippen LogP contribution in [0.2, 0.25) is 0 Å². The Labute approximate surface area is 156 Å². The summed E-state index contributed by atoms with van der Waals surface area (Å²) in [7, 11) is 0. The number of morpholine rings is 1. The van der Waals surface area contributed by atoms with Crippen LogP contribution in [0.5, 0.6) is 0 Å². The second kappa shape index (κ2) is 8.07. The van der Waals surface area contributed by atoms with Gasteiger partial charge in [0.2, 0.25) is 5.91 Å². The van der Waals surface area contributed by atoms with Gasteiger partial charge in [0.25, 0.3) is 0 Å². The van der Waals surface area contributed by atoms with Crippen molar-refractivity contribution < 1.29 is 14.3 Å². The number of carbonyl (C=O) groups is 1. The van der Waals surface area contributed by atoms with Crippen LogP contribution >= 0.6 is 0 Å². The van der Waals surface area contributed by atoms with Gasteiger partial charge in [-0.05, 0) is 30.7 Å². The molecule has 1 aromatic carbocycles. The second-order valence-corrected chi connectivity index (χ2v) is 8.06. The molecule has 1 aromatic rings. The summed E-state index contributed by atoms with van der Waals surface area (Å²) in [6.07, 6.45) is 3.71. The van der Waals surface area contributed by atoms with E-state index in [1.165, 1.54) is 0 Å². The zero-order valence-electron chi connectivity index (χ0n) is 15.6. The second-order valence-electron chi connectivity index (χ2n) is 8.06. The molecule has 0 N–H and O–H groups in total. The van der Waals surface area contributed by atoms with Gasteiger partial charge < -0.3 is 14.4 Å². The largest absolute Gasteiger partial charge is 0.379 e. The molecule has 3 aliphatic rings. The third-order valence-electron chi connectivity index (χ3n) is 6.00. The number of piperidine rings is 1. The highest BCUT2D eigenvalue weighted by molar-refractivity contribution is 5.79. The lowest BCUT2D eigenvalue weighted by Gasteiger charge is -2.40. The molecule has 0 radical (unpaired) electrons. The number of amides is 1. The molecule has 2 atom stereocenters. The first-order valence-electron chi connectivity index (χ1n) is 9.98. The Morgan fingerprint density at radius 3 is 2.77 bits per heavy atom. The Bertz CT molecular complexity index is 603. The summed E-state index contributed by atoms with van der Waals surface area (Å²) in [4.78, 5) is 17.3. The molecule has 142 valence electrons. The number of rotatable bonds is 4. The van der Waals surface area contributed by atoms with Crippen molar-refractivity contribution in [2.45, 2.75) is 31.3 Å². The third-order valence-corrected chi connectivity index (χ3v) is 6.00. The average molecular weight is 358 g/mol. The summed E-state index contributed by atoms with van der Waals surface area (Å²) in [5, 5.41) is 0. The molecule has 1 amide bonds. The number of benzene rings is 1. The summed E-state index contributed by atoms with van der Waals surface area (Å²) >= 11 is 0. The number of likely N-dealkylation sites (tertiary alicyclic amines) is 1. The molecule has 0 bridgehead atoms. The van der Waals surface area contributed by atoms with Crippen LogP contribution in [0.1, 0.15) is 24.8 Å². The molecule has 3 heterocycles. The Balaban J connectivity index is 1.32. The van der Waals surface area contributed by atoms with Crippen molar-refractivity contribution in [2.75, 3.05) is 52.5 Å². The van der Waals surface area contributed by atoms with E-state index in [9.17, 15) is 4.79 Å². The molecular formula is C21H30N2O3. The summed E-state index contributed by atoms with van der Waals surface area (Å²) in [5.74, 6) is 0.813. The minimum Gasteiger partial charge on any atom is -0.379 e. The minimum absolute atomic E-state index is 0.110. The van der Waals surface area contributed by atoms with Gasteiger partial charge in [-0.25, -0.2) is 0 Å². The van der Waals surface area contributed by atoms with Crippen LogP contribution in [0.3, 0.4) is 0 Å². The van der Waals surface area contributed by atoms with Gasteiger partial charge in [-0.3, -0.25) is 9.69 Å². The number of ether oxygens (including phenoxy) is 2. The Morgan fingerprint density at radius 2 is 1.96 bits per heavy atom. The van der Waals surface area contributed by atoms with E-state index in [2.05, 4.69) is 4.90 Å². The number of hydrogen-bond acceptors (Lipinski definition) is 4. The van der Waals surface area contributed by atoms with Crippen LogP contribution in [0.4, 0.5) is 0 Å². The monoisotopic (exact) mass is 358 g/mol. The summed E-state index contributed by atoms with van der Waals surface area (Å²) in [6.45, 7) is 7.32. The van der Waals surface area contributed by atoms with Crippen LogP contribution in [-0.4, -0.2) is 73.9 Å². The van der Waals surface area contributed by atoms with Gasteiger partial charge in [-0.1, -0.05) is 30.3 Å². The first-order valence-corrected chi connectivity index (χ1v) is 9.98. The molecule has 5 heteroatoms. The maximum Gasteiger partial charge on any atom is 0.227 e. The van der Waals surface area contributed by atoms with Crippen molar-refractivity contribution in [1.29, 1.82) is 0 Å². The predicted octanol–water partition coefficient (Wildman–Crippen LogP) is 1.96. The van der Waals surface area contributed by atoms with Crippen molar-refractivity contribution in [1.82, 2.24) is 9.80 Å². The SMILES string of the molecule is O=C(Cc1ccccc1)N1CCC[C@]2(C[C@H](CN3CCOCC3)CO2)C1. The molecule has 3 fully saturated rings. The van der Waals surface area contributed by atoms with E-state index >= 15 is 0 Å². The zero-order valence-corrected chi connectivity index (χ0v) is 15.6. The summed E-state index contributed by atoms with van der Waals surface area (Å²) < 4.78 is 11.8. The van der Waals surface area contributed by atoms with E-state index in [4.69, 9.17) is 9.47 Å². The highest BCUT2D eigenvalue weighted by atomic mass is 16.5. The first kappa shape index (κ1) is 18.0. The Kier molecular flexibility index (Phi) is 5.57. The van der Waals surface area contributed by atoms with Crippen molar-refractivity contribution in [3.05, 3.63) is 35.9 Å². The number of nitrogens with zero attached hydrogens (tertiary/aromatic N) is 2. The van der Waals surface area contributed by atoms with Crippen LogP contribution in [0, 0.1) is 5.92 Å². The molecule has 1 spiro atoms. The van der Waals surface area contributed by atoms with Crippen LogP contribution in [-0.2, 0) is 20.7 Å². The van der Waals surface area contributed by atoms with Crippen LogP contribution in [0.25, 0.3) is 0 Å². The lowest BCUT2D eigenvalue weighted by atomic mass is 9.86. The Hall–Kier alpha value is -1.43. The summed E-state index contributed by atoms with van der Waals surface area (Å²) in [5.41, 5.74) is 0.983. The lowest BCUT2D eigenvalue weighted by Crippen LogP contribution is -2.50. The van der Waals surface area contributed by atoms with Crippen molar-refractivity contribution in [3.8, 4) is 0 Å². The molecule has 3 aliphatic heterocycles. The molecular weight excluding hydrogens is 328 g/mol. The van der Waals surface area contributed by atoms with Gasteiger partial charge in [0.1, 0.15) is 0 Å². The fourth-order valence-corrected chi connectivity index (χ4v) is 4.68. The molecule has 26 heavy (non-hydrogen) atoms. The lowest BCUT2D eigenvalue weighted by molar-refractivity contribution is -0.138. The molecule has 4 rings (SSSR count). The van der Waals surface area contributed by atoms with E-state index in [0.717, 1.165) is 77.4 Å². The number of hydrogen-bond donors (Lipinski definition) is 0. The van der Waals surface area contributed by atoms with Gasteiger partial charge in [-0.15, -0.1) is 0 Å². The smallest absolute Gasteiger partial charge is 0.227 e. The molecule has 5 nitrogen and oxygen atoms in total. The quantitative estimate of drug-likeness (QED) is 0.825. The average Bonchev–Trinajstić information content (AvgIpc) is 3.05. The third kappa shape index (κ3) is 4.27. The summed E-state index contributed by atoms with van der Waals surface area (Å²) in [6, 6.07) is 10.0. The van der Waals surface area contributed by atoms with Gasteiger partial charge in [0.15, 0.2) is 0 Å². The predicted molar refractivity (Wildman–Crippen MR) is 100 cm³/mol. The highest BCUT2D eigenvalue weighted by Crippen LogP contribution is 2.38. The zero-order chi connectivity index (χ0) is 17.8. The van der Waals surface area contributed by atoms with Crippen LogP contribution in [0.15, 0.2) is 30.3 Å².